The molecule has 0 atom stereocenters. The molecule has 1 aliphatic rings. The summed E-state index contributed by atoms with van der Waals surface area (Å²) in [5.74, 6) is 2.37. The van der Waals surface area contributed by atoms with Gasteiger partial charge in [0.2, 0.25) is 0 Å². The Labute approximate surface area is 279 Å². The number of para-hydroxylation sites is 2. The van der Waals surface area contributed by atoms with E-state index in [4.69, 9.17) is 9.72 Å². The molecule has 0 saturated carbocycles. The molecular weight excluding hydrogens is 589 g/mol. The zero-order valence-corrected chi connectivity index (χ0v) is 26.7. The Morgan fingerprint density at radius 3 is 2.17 bits per heavy atom. The van der Waals surface area contributed by atoms with Crippen molar-refractivity contribution in [1.82, 2.24) is 14.5 Å². The number of hydrogen-bond donors (Lipinski definition) is 0. The Hall–Kier alpha value is -6.20. The predicted octanol–water partition coefficient (Wildman–Crippen LogP) is 11.1. The molecule has 5 heteroatoms. The van der Waals surface area contributed by atoms with Gasteiger partial charge in [0, 0.05) is 45.9 Å². The Morgan fingerprint density at radius 2 is 1.35 bits per heavy atom. The summed E-state index contributed by atoms with van der Waals surface area (Å²) in [6.07, 6.45) is 3.66. The van der Waals surface area contributed by atoms with Crippen LogP contribution in [0.15, 0.2) is 158 Å². The lowest BCUT2D eigenvalue weighted by Crippen LogP contribution is -2.30. The second kappa shape index (κ2) is 11.0. The van der Waals surface area contributed by atoms with E-state index in [2.05, 4.69) is 125 Å². The maximum atomic E-state index is 6.54. The van der Waals surface area contributed by atoms with Gasteiger partial charge in [0.05, 0.1) is 28.1 Å². The molecule has 48 heavy (non-hydrogen) atoms. The van der Waals surface area contributed by atoms with E-state index in [-0.39, 0.29) is 5.41 Å². The summed E-state index contributed by atoms with van der Waals surface area (Å²) in [4.78, 5) is 11.8. The summed E-state index contributed by atoms with van der Waals surface area (Å²) in [6.45, 7) is 4.70. The van der Waals surface area contributed by atoms with Gasteiger partial charge in [0.25, 0.3) is 0 Å². The van der Waals surface area contributed by atoms with Crippen LogP contribution < -0.4 is 9.64 Å². The van der Waals surface area contributed by atoms with Crippen LogP contribution in [0.25, 0.3) is 38.9 Å². The van der Waals surface area contributed by atoms with Gasteiger partial charge in [-0.15, -0.1) is 0 Å². The van der Waals surface area contributed by atoms with Gasteiger partial charge in [-0.25, -0.2) is 4.98 Å². The molecule has 0 unspecified atom stereocenters. The maximum Gasteiger partial charge on any atom is 0.137 e. The van der Waals surface area contributed by atoms with Crippen molar-refractivity contribution in [2.24, 2.45) is 0 Å². The molecule has 5 nitrogen and oxygen atoms in total. The molecule has 0 bridgehead atoms. The number of rotatable bonds is 5. The molecule has 4 heterocycles. The van der Waals surface area contributed by atoms with Crippen molar-refractivity contribution in [2.75, 3.05) is 4.90 Å². The number of fused-ring (bicyclic) bond motifs is 6. The highest BCUT2D eigenvalue weighted by Crippen LogP contribution is 2.55. The summed E-state index contributed by atoms with van der Waals surface area (Å²) < 4.78 is 8.81. The van der Waals surface area contributed by atoms with Crippen molar-refractivity contribution in [3.8, 4) is 28.6 Å². The van der Waals surface area contributed by atoms with Crippen LogP contribution in [0.4, 0.5) is 17.1 Å². The maximum absolute atomic E-state index is 6.54. The second-order valence-electron chi connectivity index (χ2n) is 12.7. The van der Waals surface area contributed by atoms with E-state index in [1.165, 1.54) is 27.9 Å². The first kappa shape index (κ1) is 28.1. The third-order valence-electron chi connectivity index (χ3n) is 9.49. The molecule has 1 aliphatic heterocycles. The fraction of sp³-hybridized carbons (Fsp3) is 0.0698. The number of aromatic nitrogens is 3. The minimum atomic E-state index is -0.277. The fourth-order valence-electron chi connectivity index (χ4n) is 7.40. The standard InChI is InChI=1S/C43H32N4O/c1-43(2)34-17-6-7-19-36(34)46(30-14-4-3-5-15-30)38-24-23-37-41(42(38)43)33-22-21-32(28-39(33)47(37)40-20-9-11-26-45-40)48-31-16-12-13-29(27-31)35-18-8-10-25-44-35/h3-28H,1-2H3. The minimum absolute atomic E-state index is 0.277. The van der Waals surface area contributed by atoms with Crippen molar-refractivity contribution < 1.29 is 4.74 Å². The SMILES string of the molecule is CC1(C)c2ccccc2N(c2ccccc2)c2ccc3c(c21)c1ccc(Oc2cccc(-c4ccccn4)c2)cc1n3-c1ccccn1. The average molecular weight is 621 g/mol. The highest BCUT2D eigenvalue weighted by atomic mass is 16.5. The number of benzene rings is 5. The van der Waals surface area contributed by atoms with Gasteiger partial charge in [-0.2, -0.15) is 0 Å². The lowest BCUT2D eigenvalue weighted by Gasteiger charge is -2.42. The van der Waals surface area contributed by atoms with Gasteiger partial charge in [-0.1, -0.05) is 74.5 Å². The third kappa shape index (κ3) is 4.39. The lowest BCUT2D eigenvalue weighted by atomic mass is 9.72. The molecule has 0 N–H and O–H groups in total. The van der Waals surface area contributed by atoms with E-state index in [0.29, 0.717) is 0 Å². The molecular formula is C43H32N4O. The highest BCUT2D eigenvalue weighted by molar-refractivity contribution is 6.14. The van der Waals surface area contributed by atoms with Crippen molar-refractivity contribution in [1.29, 1.82) is 0 Å². The van der Waals surface area contributed by atoms with Gasteiger partial charge in [-0.05, 0) is 90.0 Å². The Morgan fingerprint density at radius 1 is 0.583 bits per heavy atom. The summed E-state index contributed by atoms with van der Waals surface area (Å²) in [6, 6.07) is 50.5. The van der Waals surface area contributed by atoms with Crippen molar-refractivity contribution in [3.05, 3.63) is 169 Å². The first-order chi connectivity index (χ1) is 23.6. The molecule has 0 saturated heterocycles. The molecule has 5 aromatic carbocycles. The molecule has 3 aromatic heterocycles. The summed E-state index contributed by atoms with van der Waals surface area (Å²) in [5.41, 5.74) is 9.90. The van der Waals surface area contributed by atoms with Crippen LogP contribution in [0.1, 0.15) is 25.0 Å². The number of anilines is 3. The third-order valence-corrected chi connectivity index (χ3v) is 9.49. The van der Waals surface area contributed by atoms with Crippen LogP contribution in [-0.2, 0) is 5.41 Å². The van der Waals surface area contributed by atoms with Crippen LogP contribution >= 0.6 is 0 Å². The number of pyridine rings is 2. The smallest absolute Gasteiger partial charge is 0.137 e. The van der Waals surface area contributed by atoms with Crippen LogP contribution in [0.3, 0.4) is 0 Å². The van der Waals surface area contributed by atoms with E-state index in [9.17, 15) is 0 Å². The molecule has 230 valence electrons. The fourth-order valence-corrected chi connectivity index (χ4v) is 7.40. The van der Waals surface area contributed by atoms with Crippen LogP contribution in [0.5, 0.6) is 11.5 Å². The van der Waals surface area contributed by atoms with Gasteiger partial charge in [-0.3, -0.25) is 9.55 Å². The van der Waals surface area contributed by atoms with Gasteiger partial charge >= 0.3 is 0 Å². The van der Waals surface area contributed by atoms with Gasteiger partial charge in [0.1, 0.15) is 17.3 Å². The molecule has 0 radical (unpaired) electrons. The second-order valence-corrected chi connectivity index (χ2v) is 12.7. The van der Waals surface area contributed by atoms with Crippen molar-refractivity contribution >= 4 is 38.9 Å². The van der Waals surface area contributed by atoms with E-state index in [0.717, 1.165) is 50.7 Å². The summed E-state index contributed by atoms with van der Waals surface area (Å²) in [7, 11) is 0. The zero-order chi connectivity index (χ0) is 32.2. The van der Waals surface area contributed by atoms with Crippen LogP contribution in [-0.4, -0.2) is 14.5 Å². The largest absolute Gasteiger partial charge is 0.457 e. The predicted molar refractivity (Wildman–Crippen MR) is 195 cm³/mol. The molecule has 0 spiro atoms. The minimum Gasteiger partial charge on any atom is -0.457 e. The quantitative estimate of drug-likeness (QED) is 0.192. The number of hydrogen-bond acceptors (Lipinski definition) is 4. The normalized spacial score (nSPS) is 13.3. The first-order valence-corrected chi connectivity index (χ1v) is 16.2. The Kier molecular flexibility index (Phi) is 6.40. The van der Waals surface area contributed by atoms with E-state index >= 15 is 0 Å². The van der Waals surface area contributed by atoms with E-state index < -0.39 is 0 Å². The van der Waals surface area contributed by atoms with E-state index in [1.54, 1.807) is 0 Å². The van der Waals surface area contributed by atoms with Gasteiger partial charge in [0.15, 0.2) is 0 Å². The Balaban J connectivity index is 1.28. The Bertz CT molecular complexity index is 2450. The van der Waals surface area contributed by atoms with Crippen LogP contribution in [0, 0.1) is 0 Å². The number of nitrogens with zero attached hydrogens (tertiary/aromatic N) is 4. The zero-order valence-electron chi connectivity index (χ0n) is 26.7. The number of ether oxygens (including phenoxy) is 1. The molecule has 0 amide bonds. The molecule has 9 rings (SSSR count). The molecule has 8 aromatic rings. The van der Waals surface area contributed by atoms with E-state index in [1.807, 2.05) is 60.9 Å². The summed E-state index contributed by atoms with van der Waals surface area (Å²) in [5, 5.41) is 2.37. The summed E-state index contributed by atoms with van der Waals surface area (Å²) >= 11 is 0. The topological polar surface area (TPSA) is 43.2 Å². The lowest BCUT2D eigenvalue weighted by molar-refractivity contribution is 0.483. The highest BCUT2D eigenvalue weighted by Gasteiger charge is 2.39. The van der Waals surface area contributed by atoms with Crippen LogP contribution in [0.2, 0.25) is 0 Å². The average Bonchev–Trinajstić information content (AvgIpc) is 3.46. The van der Waals surface area contributed by atoms with Crippen molar-refractivity contribution in [2.45, 2.75) is 19.3 Å². The monoisotopic (exact) mass is 620 g/mol. The van der Waals surface area contributed by atoms with Crippen molar-refractivity contribution in [3.63, 3.8) is 0 Å². The molecule has 0 aliphatic carbocycles. The first-order valence-electron chi connectivity index (χ1n) is 16.2. The molecule has 0 fully saturated rings. The van der Waals surface area contributed by atoms with Gasteiger partial charge < -0.3 is 9.64 Å².